The fraction of sp³-hybridized carbons (Fsp3) is 0.417. The number of nitrogens with one attached hydrogen (secondary N) is 2. The zero-order valence-electron chi connectivity index (χ0n) is 18.2. The first-order chi connectivity index (χ1) is 13.7. The highest BCUT2D eigenvalue weighted by Crippen LogP contribution is 2.22. The molecule has 5 nitrogen and oxygen atoms in total. The Labute approximate surface area is 174 Å². The first-order valence-electron chi connectivity index (χ1n) is 10.3. The van der Waals surface area contributed by atoms with Crippen molar-refractivity contribution in [3.8, 4) is 0 Å². The van der Waals surface area contributed by atoms with Crippen LogP contribution in [0.4, 0.5) is 5.69 Å². The molecule has 2 aromatic carbocycles. The number of quaternary nitrogens is 1. The van der Waals surface area contributed by atoms with Gasteiger partial charge < -0.3 is 15.0 Å². The fourth-order valence-electron chi connectivity index (χ4n) is 2.99. The number of rotatable bonds is 8. The van der Waals surface area contributed by atoms with Gasteiger partial charge in [-0.3, -0.25) is 4.79 Å². The van der Waals surface area contributed by atoms with Crippen molar-refractivity contribution in [2.75, 3.05) is 31.6 Å². The largest absolute Gasteiger partial charge is 0.456 e. The molecule has 29 heavy (non-hydrogen) atoms. The van der Waals surface area contributed by atoms with Crippen LogP contribution in [0.15, 0.2) is 48.5 Å². The van der Waals surface area contributed by atoms with Gasteiger partial charge in [0, 0.05) is 11.3 Å². The minimum absolute atomic E-state index is 0.0477. The third kappa shape index (κ3) is 6.71. The molecule has 2 N–H and O–H groups in total. The highest BCUT2D eigenvalue weighted by molar-refractivity contribution is 6.04. The molecule has 0 unspecified atom stereocenters. The van der Waals surface area contributed by atoms with E-state index < -0.39 is 0 Å². The molecule has 0 atom stereocenters. The Balaban J connectivity index is 1.91. The average molecular weight is 398 g/mol. The topological polar surface area (TPSA) is 59.8 Å². The van der Waals surface area contributed by atoms with Crippen LogP contribution >= 0.6 is 0 Å². The van der Waals surface area contributed by atoms with Gasteiger partial charge in [-0.05, 0) is 61.2 Å². The van der Waals surface area contributed by atoms with Gasteiger partial charge in [0.15, 0.2) is 0 Å². The Morgan fingerprint density at radius 2 is 1.45 bits per heavy atom. The lowest BCUT2D eigenvalue weighted by molar-refractivity contribution is -0.896. The maximum atomic E-state index is 12.5. The highest BCUT2D eigenvalue weighted by atomic mass is 16.5. The summed E-state index contributed by atoms with van der Waals surface area (Å²) in [5, 5.41) is 2.86. The number of anilines is 1. The summed E-state index contributed by atoms with van der Waals surface area (Å²) in [4.78, 5) is 26.0. The molecule has 0 aromatic heterocycles. The molecular formula is C24H33N2O3+. The molecule has 0 fully saturated rings. The van der Waals surface area contributed by atoms with Gasteiger partial charge in [-0.15, -0.1) is 0 Å². The lowest BCUT2D eigenvalue weighted by Gasteiger charge is -2.19. The van der Waals surface area contributed by atoms with Gasteiger partial charge in [-0.1, -0.05) is 32.9 Å². The molecule has 0 radical (unpaired) electrons. The Morgan fingerprint density at radius 1 is 0.897 bits per heavy atom. The predicted molar refractivity (Wildman–Crippen MR) is 117 cm³/mol. The molecule has 5 heteroatoms. The number of esters is 1. The molecule has 156 valence electrons. The van der Waals surface area contributed by atoms with E-state index in [1.807, 2.05) is 24.3 Å². The summed E-state index contributed by atoms with van der Waals surface area (Å²) in [7, 11) is 0. The summed E-state index contributed by atoms with van der Waals surface area (Å²) in [6, 6.07) is 14.4. The third-order valence-corrected chi connectivity index (χ3v) is 5.08. The second-order valence-corrected chi connectivity index (χ2v) is 8.20. The van der Waals surface area contributed by atoms with E-state index in [1.54, 1.807) is 24.3 Å². The van der Waals surface area contributed by atoms with Crippen molar-refractivity contribution in [2.45, 2.75) is 40.0 Å². The number of benzene rings is 2. The minimum Gasteiger partial charge on any atom is -0.456 e. The lowest BCUT2D eigenvalue weighted by atomic mass is 9.87. The predicted octanol–water partition coefficient (Wildman–Crippen LogP) is 3.32. The van der Waals surface area contributed by atoms with Crippen molar-refractivity contribution in [2.24, 2.45) is 0 Å². The second kappa shape index (κ2) is 10.2. The van der Waals surface area contributed by atoms with Gasteiger partial charge in [0.2, 0.25) is 0 Å². The molecule has 0 spiro atoms. The van der Waals surface area contributed by atoms with E-state index in [2.05, 4.69) is 39.9 Å². The molecule has 0 saturated heterocycles. The van der Waals surface area contributed by atoms with Gasteiger partial charge in [-0.2, -0.15) is 0 Å². The number of amides is 1. The van der Waals surface area contributed by atoms with E-state index in [1.165, 1.54) is 10.5 Å². The van der Waals surface area contributed by atoms with Crippen LogP contribution in [-0.4, -0.2) is 38.1 Å². The first-order valence-corrected chi connectivity index (χ1v) is 10.3. The summed E-state index contributed by atoms with van der Waals surface area (Å²) in [6.07, 6.45) is 0. The quantitative estimate of drug-likeness (QED) is 0.672. The molecule has 0 bridgehead atoms. The van der Waals surface area contributed by atoms with Crippen molar-refractivity contribution in [3.05, 3.63) is 65.2 Å². The number of hydrogen-bond donors (Lipinski definition) is 2. The van der Waals surface area contributed by atoms with Crippen LogP contribution in [0.1, 0.15) is 60.9 Å². The van der Waals surface area contributed by atoms with Gasteiger partial charge in [0.1, 0.15) is 13.2 Å². The van der Waals surface area contributed by atoms with Crippen molar-refractivity contribution in [1.82, 2.24) is 0 Å². The van der Waals surface area contributed by atoms with Gasteiger partial charge in [0.05, 0.1) is 18.7 Å². The van der Waals surface area contributed by atoms with Crippen molar-refractivity contribution < 1.29 is 19.2 Å². The van der Waals surface area contributed by atoms with Crippen LogP contribution in [-0.2, 0) is 10.2 Å². The molecule has 0 saturated carbocycles. The molecule has 0 heterocycles. The second-order valence-electron chi connectivity index (χ2n) is 8.20. The molecule has 0 aliphatic heterocycles. The SMILES string of the molecule is CC[NH+](CC)CCOC(=O)c1ccc(NC(=O)c2ccc(C(C)(C)C)cc2)cc1. The zero-order chi connectivity index (χ0) is 21.4. The van der Waals surface area contributed by atoms with E-state index in [4.69, 9.17) is 4.74 Å². The maximum absolute atomic E-state index is 12.5. The fourth-order valence-corrected chi connectivity index (χ4v) is 2.99. The number of likely N-dealkylation sites (N-methyl/N-ethyl adjacent to an activating group) is 1. The molecule has 2 rings (SSSR count). The van der Waals surface area contributed by atoms with E-state index in [0.29, 0.717) is 23.4 Å². The number of hydrogen-bond acceptors (Lipinski definition) is 3. The van der Waals surface area contributed by atoms with Crippen LogP contribution in [0.2, 0.25) is 0 Å². The Bertz CT molecular complexity index is 802. The molecule has 0 aliphatic carbocycles. The van der Waals surface area contributed by atoms with E-state index in [-0.39, 0.29) is 17.3 Å². The summed E-state index contributed by atoms with van der Waals surface area (Å²) >= 11 is 0. The molecule has 2 aromatic rings. The summed E-state index contributed by atoms with van der Waals surface area (Å²) < 4.78 is 5.34. The van der Waals surface area contributed by atoms with Gasteiger partial charge in [-0.25, -0.2) is 4.79 Å². The minimum atomic E-state index is -0.341. The molecule has 0 aliphatic rings. The van der Waals surface area contributed by atoms with Gasteiger partial charge in [0.25, 0.3) is 5.91 Å². The first kappa shape index (κ1) is 22.6. The van der Waals surface area contributed by atoms with Crippen molar-refractivity contribution in [3.63, 3.8) is 0 Å². The van der Waals surface area contributed by atoms with Crippen LogP contribution in [0.5, 0.6) is 0 Å². The third-order valence-electron chi connectivity index (χ3n) is 5.08. The molecule has 1 amide bonds. The monoisotopic (exact) mass is 397 g/mol. The van der Waals surface area contributed by atoms with Crippen LogP contribution in [0.25, 0.3) is 0 Å². The Hall–Kier alpha value is -2.66. The smallest absolute Gasteiger partial charge is 0.338 e. The maximum Gasteiger partial charge on any atom is 0.338 e. The number of carbonyl (C=O) groups is 2. The Kier molecular flexibility index (Phi) is 7.97. The lowest BCUT2D eigenvalue weighted by Crippen LogP contribution is -3.11. The van der Waals surface area contributed by atoms with Crippen molar-refractivity contribution >= 4 is 17.6 Å². The van der Waals surface area contributed by atoms with E-state index in [9.17, 15) is 9.59 Å². The van der Waals surface area contributed by atoms with Gasteiger partial charge >= 0.3 is 5.97 Å². The normalized spacial score (nSPS) is 11.4. The van der Waals surface area contributed by atoms with Crippen LogP contribution in [0.3, 0.4) is 0 Å². The summed E-state index contributed by atoms with van der Waals surface area (Å²) in [5.74, 6) is -0.518. The average Bonchev–Trinajstić information content (AvgIpc) is 2.71. The summed E-state index contributed by atoms with van der Waals surface area (Å²) in [6.45, 7) is 13.9. The highest BCUT2D eigenvalue weighted by Gasteiger charge is 2.15. The Morgan fingerprint density at radius 3 is 1.97 bits per heavy atom. The summed E-state index contributed by atoms with van der Waals surface area (Å²) in [5.41, 5.74) is 2.94. The van der Waals surface area contributed by atoms with Crippen molar-refractivity contribution in [1.29, 1.82) is 0 Å². The molecular weight excluding hydrogens is 364 g/mol. The number of ether oxygens (including phenoxy) is 1. The number of carbonyl (C=O) groups excluding carboxylic acids is 2. The standard InChI is InChI=1S/C24H32N2O3/c1-6-26(7-2)16-17-29-23(28)19-10-14-21(15-11-19)25-22(27)18-8-12-20(13-9-18)24(3,4)5/h8-15H,6-7,16-17H2,1-5H3,(H,25,27)/p+1. The zero-order valence-corrected chi connectivity index (χ0v) is 18.2. The van der Waals surface area contributed by atoms with E-state index >= 15 is 0 Å². The van der Waals surface area contributed by atoms with Crippen LogP contribution < -0.4 is 10.2 Å². The van der Waals surface area contributed by atoms with Crippen LogP contribution in [0, 0.1) is 0 Å². The van der Waals surface area contributed by atoms with E-state index in [0.717, 1.165) is 19.6 Å².